The van der Waals surface area contributed by atoms with Crippen molar-refractivity contribution in [3.05, 3.63) is 30.3 Å². The molecule has 14 heavy (non-hydrogen) atoms. The van der Waals surface area contributed by atoms with E-state index in [1.165, 1.54) is 0 Å². The van der Waals surface area contributed by atoms with Crippen LogP contribution in [0.25, 0.3) is 0 Å². The fourth-order valence-electron chi connectivity index (χ4n) is 1.02. The number of hydrogen-bond acceptors (Lipinski definition) is 3. The molecular formula is C11H13NOS. The van der Waals surface area contributed by atoms with Crippen molar-refractivity contribution in [3.63, 3.8) is 0 Å². The molecule has 0 saturated heterocycles. The van der Waals surface area contributed by atoms with Gasteiger partial charge >= 0.3 is 0 Å². The predicted octanol–water partition coefficient (Wildman–Crippen LogP) is 2.44. The van der Waals surface area contributed by atoms with Crippen LogP contribution in [0.4, 0.5) is 0 Å². The average molecular weight is 207 g/mol. The van der Waals surface area contributed by atoms with E-state index in [9.17, 15) is 5.11 Å². The third-order valence-corrected chi connectivity index (χ3v) is 2.93. The lowest BCUT2D eigenvalue weighted by atomic mass is 10.2. The lowest BCUT2D eigenvalue weighted by molar-refractivity contribution is 0.191. The van der Waals surface area contributed by atoms with Crippen LogP contribution >= 0.6 is 11.8 Å². The van der Waals surface area contributed by atoms with Gasteiger partial charge in [-0.3, -0.25) is 0 Å². The second-order valence-electron chi connectivity index (χ2n) is 2.97. The van der Waals surface area contributed by atoms with Crippen molar-refractivity contribution in [2.75, 3.05) is 5.75 Å². The first kappa shape index (κ1) is 11.1. The highest BCUT2D eigenvalue weighted by Crippen LogP contribution is 2.18. The minimum absolute atomic E-state index is 0.375. The highest BCUT2D eigenvalue weighted by atomic mass is 32.2. The van der Waals surface area contributed by atoms with Crippen molar-refractivity contribution in [2.45, 2.75) is 23.8 Å². The number of nitrogens with zero attached hydrogens (tertiary/aromatic N) is 1. The van der Waals surface area contributed by atoms with E-state index in [0.717, 1.165) is 4.90 Å². The maximum Gasteiger partial charge on any atom is 0.0643 e. The van der Waals surface area contributed by atoms with Crippen LogP contribution in [0.1, 0.15) is 12.8 Å². The first-order valence-electron chi connectivity index (χ1n) is 4.56. The Labute approximate surface area is 88.6 Å². The first-order chi connectivity index (χ1) is 6.83. The number of aliphatic hydroxyl groups is 1. The van der Waals surface area contributed by atoms with E-state index < -0.39 is 0 Å². The van der Waals surface area contributed by atoms with Gasteiger partial charge in [-0.2, -0.15) is 5.26 Å². The van der Waals surface area contributed by atoms with Gasteiger partial charge < -0.3 is 5.11 Å². The molecule has 0 aliphatic carbocycles. The Morgan fingerprint density at radius 1 is 1.36 bits per heavy atom. The van der Waals surface area contributed by atoms with Gasteiger partial charge in [-0.15, -0.1) is 11.8 Å². The van der Waals surface area contributed by atoms with Gasteiger partial charge in [0.1, 0.15) is 0 Å². The molecular weight excluding hydrogens is 194 g/mol. The molecule has 0 saturated carbocycles. The maximum atomic E-state index is 9.47. The summed E-state index contributed by atoms with van der Waals surface area (Å²) in [6.07, 6.45) is 0.618. The topological polar surface area (TPSA) is 44.0 Å². The third kappa shape index (κ3) is 4.31. The summed E-state index contributed by atoms with van der Waals surface area (Å²) in [5.74, 6) is 0.658. The predicted molar refractivity (Wildman–Crippen MR) is 58.0 cm³/mol. The summed E-state index contributed by atoms with van der Waals surface area (Å²) in [6, 6.07) is 12.0. The van der Waals surface area contributed by atoms with Crippen LogP contribution in [0, 0.1) is 11.3 Å². The Hall–Kier alpha value is -0.980. The fraction of sp³-hybridized carbons (Fsp3) is 0.364. The van der Waals surface area contributed by atoms with Gasteiger partial charge in [-0.25, -0.2) is 0 Å². The van der Waals surface area contributed by atoms with Crippen molar-refractivity contribution in [1.29, 1.82) is 5.26 Å². The van der Waals surface area contributed by atoms with E-state index >= 15 is 0 Å². The van der Waals surface area contributed by atoms with Crippen molar-refractivity contribution in [1.82, 2.24) is 0 Å². The summed E-state index contributed by atoms with van der Waals surface area (Å²) in [7, 11) is 0. The van der Waals surface area contributed by atoms with Crippen molar-refractivity contribution in [3.8, 4) is 6.07 Å². The smallest absolute Gasteiger partial charge is 0.0643 e. The minimum atomic E-state index is -0.375. The highest BCUT2D eigenvalue weighted by molar-refractivity contribution is 7.99. The molecule has 0 aliphatic rings. The molecule has 0 fully saturated rings. The molecule has 0 bridgehead atoms. The summed E-state index contributed by atoms with van der Waals surface area (Å²) in [4.78, 5) is 1.16. The molecule has 74 valence electrons. The Bertz CT molecular complexity index is 294. The lowest BCUT2D eigenvalue weighted by Crippen LogP contribution is -2.08. The van der Waals surface area contributed by atoms with Crippen LogP contribution in [-0.2, 0) is 0 Å². The van der Waals surface area contributed by atoms with Gasteiger partial charge in [0.25, 0.3) is 0 Å². The second-order valence-corrected chi connectivity index (χ2v) is 4.07. The fourth-order valence-corrected chi connectivity index (χ4v) is 1.92. The average Bonchev–Trinajstić information content (AvgIpc) is 2.25. The quantitative estimate of drug-likeness (QED) is 0.754. The largest absolute Gasteiger partial charge is 0.392 e. The van der Waals surface area contributed by atoms with Gasteiger partial charge in [0.05, 0.1) is 12.2 Å². The van der Waals surface area contributed by atoms with Gasteiger partial charge in [0.15, 0.2) is 0 Å². The van der Waals surface area contributed by atoms with Crippen molar-refractivity contribution >= 4 is 11.8 Å². The van der Waals surface area contributed by atoms with Gasteiger partial charge in [-0.05, 0) is 18.6 Å². The molecule has 0 aliphatic heterocycles. The summed E-state index contributed by atoms with van der Waals surface area (Å²) >= 11 is 1.62. The normalized spacial score (nSPS) is 12.0. The molecule has 1 aromatic rings. The Morgan fingerprint density at radius 2 is 2.07 bits per heavy atom. The number of benzene rings is 1. The van der Waals surface area contributed by atoms with Crippen LogP contribution < -0.4 is 0 Å². The second kappa shape index (κ2) is 6.47. The van der Waals surface area contributed by atoms with E-state index in [-0.39, 0.29) is 6.10 Å². The molecule has 1 N–H and O–H groups in total. The molecule has 2 nitrogen and oxygen atoms in total. The van der Waals surface area contributed by atoms with E-state index in [4.69, 9.17) is 5.26 Å². The summed E-state index contributed by atoms with van der Waals surface area (Å²) in [5, 5.41) is 17.8. The molecule has 1 aromatic carbocycles. The zero-order chi connectivity index (χ0) is 10.2. The molecule has 0 heterocycles. The summed E-state index contributed by atoms with van der Waals surface area (Å²) < 4.78 is 0. The Balaban J connectivity index is 2.24. The molecule has 0 amide bonds. The Kier molecular flexibility index (Phi) is 5.13. The van der Waals surface area contributed by atoms with Crippen LogP contribution in [0.15, 0.2) is 35.2 Å². The monoisotopic (exact) mass is 207 g/mol. The number of rotatable bonds is 5. The van der Waals surface area contributed by atoms with E-state index in [0.29, 0.717) is 18.6 Å². The molecule has 1 unspecified atom stereocenters. The maximum absolute atomic E-state index is 9.47. The standard InChI is InChI=1S/C11H13NOS/c12-8-4-5-10(13)9-14-11-6-2-1-3-7-11/h1-3,6-7,10,13H,4-5,9H2. The van der Waals surface area contributed by atoms with E-state index in [2.05, 4.69) is 0 Å². The SMILES string of the molecule is N#CCCC(O)CSc1ccccc1. The number of aliphatic hydroxyl groups excluding tert-OH is 1. The molecule has 1 rings (SSSR count). The zero-order valence-corrected chi connectivity index (χ0v) is 8.70. The van der Waals surface area contributed by atoms with E-state index in [1.807, 2.05) is 36.4 Å². The van der Waals surface area contributed by atoms with Crippen LogP contribution in [-0.4, -0.2) is 17.0 Å². The van der Waals surface area contributed by atoms with Gasteiger partial charge in [-0.1, -0.05) is 18.2 Å². The summed E-state index contributed by atoms with van der Waals surface area (Å²) in [5.41, 5.74) is 0. The zero-order valence-electron chi connectivity index (χ0n) is 7.89. The molecule has 1 atom stereocenters. The molecule has 0 spiro atoms. The van der Waals surface area contributed by atoms with Gasteiger partial charge in [0, 0.05) is 17.1 Å². The third-order valence-electron chi connectivity index (χ3n) is 1.77. The Morgan fingerprint density at radius 3 is 2.71 bits per heavy atom. The minimum Gasteiger partial charge on any atom is -0.392 e. The molecule has 0 radical (unpaired) electrons. The molecule has 3 heteroatoms. The number of thioether (sulfide) groups is 1. The van der Waals surface area contributed by atoms with Crippen LogP contribution in [0.5, 0.6) is 0 Å². The summed E-state index contributed by atoms with van der Waals surface area (Å²) in [6.45, 7) is 0. The first-order valence-corrected chi connectivity index (χ1v) is 5.54. The van der Waals surface area contributed by atoms with Crippen molar-refractivity contribution in [2.24, 2.45) is 0 Å². The van der Waals surface area contributed by atoms with E-state index in [1.54, 1.807) is 11.8 Å². The highest BCUT2D eigenvalue weighted by Gasteiger charge is 2.03. The lowest BCUT2D eigenvalue weighted by Gasteiger charge is -2.07. The van der Waals surface area contributed by atoms with Gasteiger partial charge in [0.2, 0.25) is 0 Å². The van der Waals surface area contributed by atoms with Crippen LogP contribution in [0.2, 0.25) is 0 Å². The van der Waals surface area contributed by atoms with Crippen molar-refractivity contribution < 1.29 is 5.11 Å². The number of nitriles is 1. The van der Waals surface area contributed by atoms with Crippen LogP contribution in [0.3, 0.4) is 0 Å². The molecule has 0 aromatic heterocycles. The number of hydrogen-bond donors (Lipinski definition) is 1.